The minimum atomic E-state index is -0.649. The van der Waals surface area contributed by atoms with Crippen molar-refractivity contribution in [2.24, 2.45) is 11.7 Å². The van der Waals surface area contributed by atoms with E-state index in [0.717, 1.165) is 12.8 Å². The number of rotatable bonds is 3. The number of carbonyl (C=O) groups excluding carboxylic acids is 1. The number of hydrogen-bond donors (Lipinski definition) is 3. The smallest absolute Gasteiger partial charge is 0.296 e. The Morgan fingerprint density at radius 1 is 1.47 bits per heavy atom. The molecule has 2 atom stereocenters. The summed E-state index contributed by atoms with van der Waals surface area (Å²) >= 11 is 0. The standard InChI is InChI=1S/C12H15N3O4/c13-8-4-1-3-7(8)12(17)14-11-9(15(18)19)5-2-6-10(11)16/h2,5-8,16H,1,3-4,13H2,(H,14,17). The molecule has 7 heteroatoms. The minimum absolute atomic E-state index is 0.170. The molecule has 1 aliphatic carbocycles. The molecule has 1 saturated carbocycles. The Kier molecular flexibility index (Phi) is 3.66. The quantitative estimate of drug-likeness (QED) is 0.433. The zero-order valence-electron chi connectivity index (χ0n) is 10.2. The van der Waals surface area contributed by atoms with Gasteiger partial charge in [0.25, 0.3) is 5.69 Å². The number of aromatic hydroxyl groups is 1. The molecule has 102 valence electrons. The maximum Gasteiger partial charge on any atom is 0.296 e. The van der Waals surface area contributed by atoms with E-state index in [4.69, 9.17) is 5.73 Å². The van der Waals surface area contributed by atoms with Gasteiger partial charge in [-0.2, -0.15) is 0 Å². The second-order valence-corrected chi connectivity index (χ2v) is 4.62. The molecule has 0 bridgehead atoms. The Bertz CT molecular complexity index is 518. The molecule has 1 aromatic rings. The second-order valence-electron chi connectivity index (χ2n) is 4.62. The number of nitrogens with one attached hydrogen (secondary N) is 1. The molecule has 2 rings (SSSR count). The van der Waals surface area contributed by atoms with Crippen molar-refractivity contribution in [3.63, 3.8) is 0 Å². The molecule has 0 saturated heterocycles. The van der Waals surface area contributed by atoms with Crippen LogP contribution in [0.2, 0.25) is 0 Å². The molecule has 0 radical (unpaired) electrons. The summed E-state index contributed by atoms with van der Waals surface area (Å²) in [5.41, 5.74) is 5.31. The van der Waals surface area contributed by atoms with Gasteiger partial charge in [0.2, 0.25) is 5.91 Å². The number of nitrogens with zero attached hydrogens (tertiary/aromatic N) is 1. The topological polar surface area (TPSA) is 118 Å². The van der Waals surface area contributed by atoms with Gasteiger partial charge in [-0.15, -0.1) is 0 Å². The normalized spacial score (nSPS) is 22.2. The van der Waals surface area contributed by atoms with E-state index in [1.807, 2.05) is 0 Å². The lowest BCUT2D eigenvalue weighted by Crippen LogP contribution is -2.34. The largest absolute Gasteiger partial charge is 0.505 e. The van der Waals surface area contributed by atoms with Crippen LogP contribution in [0.15, 0.2) is 18.2 Å². The van der Waals surface area contributed by atoms with Crippen LogP contribution in [0, 0.1) is 16.0 Å². The van der Waals surface area contributed by atoms with Crippen LogP contribution < -0.4 is 11.1 Å². The molecule has 1 amide bonds. The number of benzene rings is 1. The van der Waals surface area contributed by atoms with Crippen LogP contribution in [0.25, 0.3) is 0 Å². The molecule has 0 aliphatic heterocycles. The zero-order chi connectivity index (χ0) is 14.0. The molecule has 1 aliphatic rings. The van der Waals surface area contributed by atoms with Gasteiger partial charge in [-0.3, -0.25) is 14.9 Å². The third kappa shape index (κ3) is 2.65. The lowest BCUT2D eigenvalue weighted by Gasteiger charge is -2.15. The van der Waals surface area contributed by atoms with Crippen molar-refractivity contribution >= 4 is 17.3 Å². The van der Waals surface area contributed by atoms with E-state index in [1.54, 1.807) is 0 Å². The Hall–Kier alpha value is -2.15. The summed E-state index contributed by atoms with van der Waals surface area (Å²) in [7, 11) is 0. The SMILES string of the molecule is NC1CCCC1C(=O)Nc1c(O)cccc1[N+](=O)[O-]. The van der Waals surface area contributed by atoms with Crippen molar-refractivity contribution in [2.45, 2.75) is 25.3 Å². The average Bonchev–Trinajstić information content (AvgIpc) is 2.77. The summed E-state index contributed by atoms with van der Waals surface area (Å²) in [5.74, 6) is -1.07. The van der Waals surface area contributed by atoms with Gasteiger partial charge in [-0.05, 0) is 18.9 Å². The fourth-order valence-electron chi connectivity index (χ4n) is 2.34. The van der Waals surface area contributed by atoms with E-state index in [-0.39, 0.29) is 35.0 Å². The van der Waals surface area contributed by atoms with Gasteiger partial charge in [-0.25, -0.2) is 0 Å². The van der Waals surface area contributed by atoms with E-state index in [9.17, 15) is 20.0 Å². The lowest BCUT2D eigenvalue weighted by atomic mass is 10.0. The first-order valence-electron chi connectivity index (χ1n) is 6.03. The molecule has 0 heterocycles. The summed E-state index contributed by atoms with van der Waals surface area (Å²) in [6, 6.07) is 3.64. The zero-order valence-corrected chi connectivity index (χ0v) is 10.2. The van der Waals surface area contributed by atoms with Gasteiger partial charge in [-0.1, -0.05) is 12.5 Å². The Balaban J connectivity index is 2.23. The fraction of sp³-hybridized carbons (Fsp3) is 0.417. The van der Waals surface area contributed by atoms with Crippen LogP contribution >= 0.6 is 0 Å². The Morgan fingerprint density at radius 3 is 2.79 bits per heavy atom. The van der Waals surface area contributed by atoms with Gasteiger partial charge in [0.05, 0.1) is 10.8 Å². The number of phenols is 1. The summed E-state index contributed by atoms with van der Waals surface area (Å²) < 4.78 is 0. The molecule has 1 fully saturated rings. The first-order chi connectivity index (χ1) is 9.00. The van der Waals surface area contributed by atoms with Gasteiger partial charge < -0.3 is 16.2 Å². The van der Waals surface area contributed by atoms with Gasteiger partial charge in [0.15, 0.2) is 5.69 Å². The highest BCUT2D eigenvalue weighted by atomic mass is 16.6. The second kappa shape index (κ2) is 5.23. The van der Waals surface area contributed by atoms with Crippen molar-refractivity contribution in [2.75, 3.05) is 5.32 Å². The number of para-hydroxylation sites is 1. The maximum atomic E-state index is 12.0. The predicted molar refractivity (Wildman–Crippen MR) is 68.7 cm³/mol. The Labute approximate surface area is 109 Å². The molecule has 0 spiro atoms. The van der Waals surface area contributed by atoms with Crippen LogP contribution in [-0.2, 0) is 4.79 Å². The first-order valence-corrected chi connectivity index (χ1v) is 6.03. The van der Waals surface area contributed by atoms with Crippen LogP contribution in [-0.4, -0.2) is 22.0 Å². The predicted octanol–water partition coefficient (Wildman–Crippen LogP) is 1.37. The number of nitrogens with two attached hydrogens (primary N) is 1. The number of nitro groups is 1. The van der Waals surface area contributed by atoms with Gasteiger partial charge in [0.1, 0.15) is 5.75 Å². The molecule has 0 aromatic heterocycles. The van der Waals surface area contributed by atoms with E-state index in [1.165, 1.54) is 18.2 Å². The van der Waals surface area contributed by atoms with Gasteiger partial charge in [0, 0.05) is 12.1 Å². The fourth-order valence-corrected chi connectivity index (χ4v) is 2.34. The molecule has 7 nitrogen and oxygen atoms in total. The highest BCUT2D eigenvalue weighted by Crippen LogP contribution is 2.34. The summed E-state index contributed by atoms with van der Waals surface area (Å²) in [6.45, 7) is 0. The van der Waals surface area contributed by atoms with Gasteiger partial charge >= 0.3 is 0 Å². The number of amides is 1. The van der Waals surface area contributed by atoms with Crippen LogP contribution in [0.5, 0.6) is 5.75 Å². The van der Waals surface area contributed by atoms with Crippen molar-refractivity contribution in [3.8, 4) is 5.75 Å². The molecule has 19 heavy (non-hydrogen) atoms. The highest BCUT2D eigenvalue weighted by molar-refractivity contribution is 5.96. The summed E-state index contributed by atoms with van der Waals surface area (Å²) in [6.07, 6.45) is 2.29. The summed E-state index contributed by atoms with van der Waals surface area (Å²) in [5, 5.41) is 22.9. The number of hydrogen-bond acceptors (Lipinski definition) is 5. The number of carbonyl (C=O) groups is 1. The van der Waals surface area contributed by atoms with E-state index in [0.29, 0.717) is 6.42 Å². The van der Waals surface area contributed by atoms with Crippen LogP contribution in [0.4, 0.5) is 11.4 Å². The third-order valence-corrected chi connectivity index (χ3v) is 3.37. The van der Waals surface area contributed by atoms with E-state index >= 15 is 0 Å². The summed E-state index contributed by atoms with van der Waals surface area (Å²) in [4.78, 5) is 22.2. The number of nitro benzene ring substituents is 1. The van der Waals surface area contributed by atoms with Crippen LogP contribution in [0.1, 0.15) is 19.3 Å². The Morgan fingerprint density at radius 2 is 2.21 bits per heavy atom. The van der Waals surface area contributed by atoms with Crippen molar-refractivity contribution in [1.82, 2.24) is 0 Å². The first kappa shape index (κ1) is 13.3. The highest BCUT2D eigenvalue weighted by Gasteiger charge is 2.32. The monoisotopic (exact) mass is 265 g/mol. The maximum absolute atomic E-state index is 12.0. The van der Waals surface area contributed by atoms with Crippen LogP contribution in [0.3, 0.4) is 0 Å². The third-order valence-electron chi connectivity index (χ3n) is 3.37. The average molecular weight is 265 g/mol. The lowest BCUT2D eigenvalue weighted by molar-refractivity contribution is -0.384. The molecule has 4 N–H and O–H groups in total. The molecular formula is C12H15N3O4. The number of anilines is 1. The van der Waals surface area contributed by atoms with E-state index < -0.39 is 4.92 Å². The van der Waals surface area contributed by atoms with E-state index in [2.05, 4.69) is 5.32 Å². The van der Waals surface area contributed by atoms with Crippen molar-refractivity contribution < 1.29 is 14.8 Å². The van der Waals surface area contributed by atoms with Crippen molar-refractivity contribution in [3.05, 3.63) is 28.3 Å². The van der Waals surface area contributed by atoms with Crippen molar-refractivity contribution in [1.29, 1.82) is 0 Å². The molecule has 2 unspecified atom stereocenters. The molecule has 1 aromatic carbocycles. The minimum Gasteiger partial charge on any atom is -0.505 e. The number of phenolic OH excluding ortho intramolecular Hbond substituents is 1. The molecular weight excluding hydrogens is 250 g/mol.